The summed E-state index contributed by atoms with van der Waals surface area (Å²) in [6.07, 6.45) is 0. The number of fused-ring (bicyclic) bond motifs is 8. The van der Waals surface area contributed by atoms with Gasteiger partial charge >= 0.3 is 0 Å². The van der Waals surface area contributed by atoms with Gasteiger partial charge in [-0.3, -0.25) is 0 Å². The molecule has 10 aromatic carbocycles. The third kappa shape index (κ3) is 4.96. The van der Waals surface area contributed by atoms with Crippen LogP contribution in [0.5, 0.6) is 0 Å². The van der Waals surface area contributed by atoms with Crippen molar-refractivity contribution in [3.05, 3.63) is 200 Å². The van der Waals surface area contributed by atoms with Gasteiger partial charge in [-0.1, -0.05) is 152 Å². The molecule has 0 N–H and O–H groups in total. The topological polar surface area (TPSA) is 16.4 Å². The second kappa shape index (κ2) is 12.2. The van der Waals surface area contributed by atoms with Crippen LogP contribution in [0.4, 0.5) is 17.1 Å². The Balaban J connectivity index is 1.11. The maximum Gasteiger partial charge on any atom is 0.135 e. The van der Waals surface area contributed by atoms with E-state index in [2.05, 4.69) is 193 Å². The highest BCUT2D eigenvalue weighted by atomic mass is 16.3. The van der Waals surface area contributed by atoms with E-state index >= 15 is 0 Å². The Kier molecular flexibility index (Phi) is 6.90. The van der Waals surface area contributed by atoms with Gasteiger partial charge in [0.1, 0.15) is 11.3 Å². The summed E-state index contributed by atoms with van der Waals surface area (Å²) in [6, 6.07) is 72.5. The molecule has 0 amide bonds. The summed E-state index contributed by atoms with van der Waals surface area (Å²) < 4.78 is 6.28. The van der Waals surface area contributed by atoms with Crippen LogP contribution in [0.3, 0.4) is 0 Å². The third-order valence-electron chi connectivity index (χ3n) is 11.0. The smallest absolute Gasteiger partial charge is 0.135 e. The highest BCUT2D eigenvalue weighted by molar-refractivity contribution is 6.12. The molecule has 252 valence electrons. The lowest BCUT2D eigenvalue weighted by atomic mass is 9.94. The SMILES string of the molecule is c1cc(-c2cc3ccccc3o2)cc(-c2ccc(N(c3ccc4c(ccc5ccccc54)c3)c3ccc4c(ccc5ccccc54)c3)c3ccccc23)c1. The number of nitrogens with zero attached hydrogens (tertiary/aromatic N) is 1. The van der Waals surface area contributed by atoms with Gasteiger partial charge in [-0.05, 0) is 108 Å². The first-order valence-corrected chi connectivity index (χ1v) is 18.5. The fourth-order valence-corrected chi connectivity index (χ4v) is 8.40. The Morgan fingerprint density at radius 1 is 0.315 bits per heavy atom. The lowest BCUT2D eigenvalue weighted by Crippen LogP contribution is -2.10. The molecule has 1 aromatic heterocycles. The van der Waals surface area contributed by atoms with E-state index in [4.69, 9.17) is 4.42 Å². The van der Waals surface area contributed by atoms with Crippen LogP contribution in [-0.4, -0.2) is 0 Å². The maximum absolute atomic E-state index is 6.28. The monoisotopic (exact) mass is 687 g/mol. The molecule has 0 unspecified atom stereocenters. The Labute approximate surface area is 312 Å². The van der Waals surface area contributed by atoms with E-state index in [1.54, 1.807) is 0 Å². The van der Waals surface area contributed by atoms with E-state index < -0.39 is 0 Å². The molecule has 2 heteroatoms. The standard InChI is InChI=1S/C52H33NO/c1-4-15-43-34(10-1)20-22-37-31-41(24-26-45(37)43)53(42-25-27-46-38(32-42)23-21-35-11-2-5-16-44(35)46)50-29-28-47(48-17-6-7-18-49(48)50)36-13-9-14-39(30-36)52-33-40-12-3-8-19-51(40)54-52/h1-33H. The Hall–Kier alpha value is -7.16. The second-order valence-electron chi connectivity index (χ2n) is 14.1. The second-order valence-corrected chi connectivity index (χ2v) is 14.1. The highest BCUT2D eigenvalue weighted by Crippen LogP contribution is 2.44. The number of para-hydroxylation sites is 1. The van der Waals surface area contributed by atoms with Gasteiger partial charge in [0.05, 0.1) is 5.69 Å². The Bertz CT molecular complexity index is 3090. The summed E-state index contributed by atoms with van der Waals surface area (Å²) in [6.45, 7) is 0. The Morgan fingerprint density at radius 3 is 1.52 bits per heavy atom. The van der Waals surface area contributed by atoms with E-state index in [1.807, 2.05) is 12.1 Å². The first-order valence-electron chi connectivity index (χ1n) is 18.5. The maximum atomic E-state index is 6.28. The van der Waals surface area contributed by atoms with E-state index in [1.165, 1.54) is 59.4 Å². The first kappa shape index (κ1) is 30.5. The largest absolute Gasteiger partial charge is 0.456 e. The highest BCUT2D eigenvalue weighted by Gasteiger charge is 2.19. The molecule has 0 saturated carbocycles. The predicted octanol–water partition coefficient (Wildman–Crippen LogP) is 15.0. The van der Waals surface area contributed by atoms with E-state index in [-0.39, 0.29) is 0 Å². The zero-order valence-electron chi connectivity index (χ0n) is 29.4. The lowest BCUT2D eigenvalue weighted by Gasteiger charge is -2.28. The average molecular weight is 688 g/mol. The van der Waals surface area contributed by atoms with E-state index in [0.717, 1.165) is 44.9 Å². The molecule has 0 bridgehead atoms. The van der Waals surface area contributed by atoms with Crippen molar-refractivity contribution in [2.24, 2.45) is 0 Å². The normalized spacial score (nSPS) is 11.7. The van der Waals surface area contributed by atoms with Crippen molar-refractivity contribution in [1.82, 2.24) is 0 Å². The van der Waals surface area contributed by atoms with Gasteiger partial charge in [-0.2, -0.15) is 0 Å². The summed E-state index contributed by atoms with van der Waals surface area (Å²) in [5.74, 6) is 0.873. The molecule has 0 aliphatic heterocycles. The number of rotatable bonds is 5. The van der Waals surface area contributed by atoms with Crippen molar-refractivity contribution in [2.75, 3.05) is 4.90 Å². The van der Waals surface area contributed by atoms with Crippen LogP contribution in [0.25, 0.3) is 87.3 Å². The van der Waals surface area contributed by atoms with Gasteiger partial charge < -0.3 is 9.32 Å². The molecule has 0 fully saturated rings. The van der Waals surface area contributed by atoms with Gasteiger partial charge in [0.25, 0.3) is 0 Å². The minimum atomic E-state index is 0.873. The summed E-state index contributed by atoms with van der Waals surface area (Å²) in [7, 11) is 0. The molecule has 0 spiro atoms. The Morgan fingerprint density at radius 2 is 0.852 bits per heavy atom. The molecule has 54 heavy (non-hydrogen) atoms. The molecule has 2 nitrogen and oxygen atoms in total. The fourth-order valence-electron chi connectivity index (χ4n) is 8.40. The molecule has 11 rings (SSSR count). The third-order valence-corrected chi connectivity index (χ3v) is 11.0. The van der Waals surface area contributed by atoms with Crippen LogP contribution < -0.4 is 4.90 Å². The van der Waals surface area contributed by atoms with Gasteiger partial charge in [0.2, 0.25) is 0 Å². The van der Waals surface area contributed by atoms with Crippen LogP contribution >= 0.6 is 0 Å². The zero-order valence-corrected chi connectivity index (χ0v) is 29.4. The van der Waals surface area contributed by atoms with Crippen molar-refractivity contribution < 1.29 is 4.42 Å². The van der Waals surface area contributed by atoms with Gasteiger partial charge in [0, 0.05) is 27.7 Å². The minimum Gasteiger partial charge on any atom is -0.456 e. The van der Waals surface area contributed by atoms with Crippen molar-refractivity contribution in [2.45, 2.75) is 0 Å². The van der Waals surface area contributed by atoms with Crippen molar-refractivity contribution in [3.63, 3.8) is 0 Å². The van der Waals surface area contributed by atoms with Crippen molar-refractivity contribution in [3.8, 4) is 22.5 Å². The molecule has 11 aromatic rings. The van der Waals surface area contributed by atoms with Crippen molar-refractivity contribution in [1.29, 1.82) is 0 Å². The molecule has 0 radical (unpaired) electrons. The summed E-state index contributed by atoms with van der Waals surface area (Å²) in [4.78, 5) is 2.43. The van der Waals surface area contributed by atoms with E-state index in [0.29, 0.717) is 0 Å². The molecule has 1 heterocycles. The lowest BCUT2D eigenvalue weighted by molar-refractivity contribution is 0.631. The molecular weight excluding hydrogens is 655 g/mol. The predicted molar refractivity (Wildman–Crippen MR) is 229 cm³/mol. The summed E-state index contributed by atoms with van der Waals surface area (Å²) in [5, 5.41) is 13.5. The number of anilines is 3. The number of hydrogen-bond donors (Lipinski definition) is 0. The number of hydrogen-bond acceptors (Lipinski definition) is 2. The van der Waals surface area contributed by atoms with Crippen LogP contribution in [0.2, 0.25) is 0 Å². The minimum absolute atomic E-state index is 0.873. The molecular formula is C52H33NO. The molecule has 0 aliphatic rings. The average Bonchev–Trinajstić information content (AvgIpc) is 3.68. The van der Waals surface area contributed by atoms with Gasteiger partial charge in [0.15, 0.2) is 0 Å². The number of benzene rings is 10. The van der Waals surface area contributed by atoms with Crippen LogP contribution in [0.1, 0.15) is 0 Å². The van der Waals surface area contributed by atoms with Crippen LogP contribution in [0, 0.1) is 0 Å². The van der Waals surface area contributed by atoms with Crippen LogP contribution in [-0.2, 0) is 0 Å². The molecule has 0 aliphatic carbocycles. The summed E-state index contributed by atoms with van der Waals surface area (Å²) >= 11 is 0. The van der Waals surface area contributed by atoms with E-state index in [9.17, 15) is 0 Å². The molecule has 0 atom stereocenters. The number of furan rings is 1. The van der Waals surface area contributed by atoms with Crippen molar-refractivity contribution >= 4 is 81.9 Å². The van der Waals surface area contributed by atoms with Gasteiger partial charge in [-0.25, -0.2) is 0 Å². The zero-order chi connectivity index (χ0) is 35.6. The molecule has 0 saturated heterocycles. The quantitative estimate of drug-likeness (QED) is 0.168. The summed E-state index contributed by atoms with van der Waals surface area (Å²) in [5.41, 5.74) is 7.65. The fraction of sp³-hybridized carbons (Fsp3) is 0. The van der Waals surface area contributed by atoms with Crippen LogP contribution in [0.15, 0.2) is 205 Å². The van der Waals surface area contributed by atoms with Gasteiger partial charge in [-0.15, -0.1) is 0 Å². The first-order chi connectivity index (χ1) is 26.7.